The third-order valence-electron chi connectivity index (χ3n) is 3.92. The Morgan fingerprint density at radius 3 is 2.68 bits per heavy atom. The van der Waals surface area contributed by atoms with Gasteiger partial charge in [-0.15, -0.1) is 0 Å². The topological polar surface area (TPSA) is 100 Å². The van der Waals surface area contributed by atoms with Crippen LogP contribution in [0.4, 0.5) is 0 Å². The second kappa shape index (κ2) is 5.86. The van der Waals surface area contributed by atoms with Crippen LogP contribution in [0, 0.1) is 6.92 Å². The highest BCUT2D eigenvalue weighted by Gasteiger charge is 2.13. The van der Waals surface area contributed by atoms with Crippen molar-refractivity contribution in [3.8, 4) is 17.0 Å². The molecular weight excluding hydrogens is 324 g/mol. The molecule has 126 valence electrons. The van der Waals surface area contributed by atoms with Crippen molar-refractivity contribution in [1.82, 2.24) is 29.7 Å². The summed E-state index contributed by atoms with van der Waals surface area (Å²) in [5.41, 5.74) is 2.91. The summed E-state index contributed by atoms with van der Waals surface area (Å²) in [7, 11) is 1.61. The molecule has 0 saturated heterocycles. The second-order valence-corrected chi connectivity index (χ2v) is 5.48. The van der Waals surface area contributed by atoms with E-state index >= 15 is 0 Å². The number of ether oxygens (including phenoxy) is 1. The van der Waals surface area contributed by atoms with Gasteiger partial charge in [0.05, 0.1) is 19.3 Å². The Labute approximate surface area is 141 Å². The molecule has 25 heavy (non-hydrogen) atoms. The number of nitrogens with zero attached hydrogens (tertiary/aromatic N) is 6. The quantitative estimate of drug-likeness (QED) is 0.553. The van der Waals surface area contributed by atoms with Gasteiger partial charge in [0.15, 0.2) is 0 Å². The zero-order chi connectivity index (χ0) is 17.4. The molecule has 0 aliphatic heterocycles. The van der Waals surface area contributed by atoms with Crippen LogP contribution in [-0.2, 0) is 6.54 Å². The van der Waals surface area contributed by atoms with Crippen LogP contribution >= 0.6 is 0 Å². The van der Waals surface area contributed by atoms with Crippen LogP contribution in [0.25, 0.3) is 16.8 Å². The maximum Gasteiger partial charge on any atom is 0.293 e. The van der Waals surface area contributed by atoms with Gasteiger partial charge in [-0.05, 0) is 37.3 Å². The van der Waals surface area contributed by atoms with Crippen molar-refractivity contribution in [2.24, 2.45) is 0 Å². The van der Waals surface area contributed by atoms with E-state index in [1.54, 1.807) is 20.1 Å². The van der Waals surface area contributed by atoms with Gasteiger partial charge in [-0.2, -0.15) is 10.2 Å². The average molecular weight is 338 g/mol. The lowest BCUT2D eigenvalue weighted by Crippen LogP contribution is -2.25. The summed E-state index contributed by atoms with van der Waals surface area (Å²) in [5, 5.41) is 16.0. The fourth-order valence-electron chi connectivity index (χ4n) is 2.49. The second-order valence-electron chi connectivity index (χ2n) is 5.48. The Balaban J connectivity index is 1.74. The predicted molar refractivity (Wildman–Crippen MR) is 87.4 cm³/mol. The third-order valence-corrected chi connectivity index (χ3v) is 3.92. The number of methoxy groups -OCH3 is 1. The smallest absolute Gasteiger partial charge is 0.293 e. The van der Waals surface area contributed by atoms with Gasteiger partial charge in [0.1, 0.15) is 29.0 Å². The number of rotatable bonds is 4. The summed E-state index contributed by atoms with van der Waals surface area (Å²) >= 11 is 0. The molecule has 0 saturated carbocycles. The maximum atomic E-state index is 12.7. The van der Waals surface area contributed by atoms with E-state index in [1.807, 2.05) is 24.3 Å². The fourth-order valence-corrected chi connectivity index (χ4v) is 2.49. The number of aryl methyl sites for hydroxylation is 1. The largest absolute Gasteiger partial charge is 0.497 e. The van der Waals surface area contributed by atoms with Crippen molar-refractivity contribution >= 4 is 5.52 Å². The van der Waals surface area contributed by atoms with E-state index in [9.17, 15) is 4.79 Å². The van der Waals surface area contributed by atoms with Crippen molar-refractivity contribution < 1.29 is 9.37 Å². The maximum absolute atomic E-state index is 12.7. The third kappa shape index (κ3) is 2.65. The number of benzene rings is 1. The van der Waals surface area contributed by atoms with E-state index in [0.29, 0.717) is 22.6 Å². The monoisotopic (exact) mass is 338 g/mol. The predicted octanol–water partition coefficient (Wildman–Crippen LogP) is 1.31. The molecule has 0 unspecified atom stereocenters. The molecule has 0 fully saturated rings. The highest BCUT2D eigenvalue weighted by atomic mass is 16.6. The van der Waals surface area contributed by atoms with Crippen LogP contribution in [0.5, 0.6) is 5.75 Å². The summed E-state index contributed by atoms with van der Waals surface area (Å²) in [6.07, 6.45) is 1.49. The number of fused-ring (bicyclic) bond motifs is 1. The minimum atomic E-state index is -0.267. The molecule has 0 spiro atoms. The Morgan fingerprint density at radius 2 is 2.00 bits per heavy atom. The Hall–Kier alpha value is -3.49. The minimum absolute atomic E-state index is 0.188. The van der Waals surface area contributed by atoms with E-state index in [0.717, 1.165) is 11.3 Å². The molecule has 0 atom stereocenters. The lowest BCUT2D eigenvalue weighted by Gasteiger charge is -2.01. The zero-order valence-corrected chi connectivity index (χ0v) is 13.6. The van der Waals surface area contributed by atoms with Gasteiger partial charge in [0, 0.05) is 5.56 Å². The summed E-state index contributed by atoms with van der Waals surface area (Å²) in [6, 6.07) is 9.19. The SMILES string of the molecule is COc1ccc(-c2cc3c(=O)n(Cc4nonc4C)ncn3n2)cc1. The summed E-state index contributed by atoms with van der Waals surface area (Å²) in [4.78, 5) is 12.7. The first-order valence-corrected chi connectivity index (χ1v) is 7.53. The highest BCUT2D eigenvalue weighted by molar-refractivity contribution is 5.65. The van der Waals surface area contributed by atoms with Crippen molar-refractivity contribution in [2.45, 2.75) is 13.5 Å². The molecule has 1 aromatic carbocycles. The van der Waals surface area contributed by atoms with Crippen molar-refractivity contribution in [3.63, 3.8) is 0 Å². The zero-order valence-electron chi connectivity index (χ0n) is 13.6. The van der Waals surface area contributed by atoms with E-state index in [1.165, 1.54) is 15.5 Å². The number of hydrogen-bond acceptors (Lipinski definition) is 7. The van der Waals surface area contributed by atoms with E-state index in [4.69, 9.17) is 4.74 Å². The first-order chi connectivity index (χ1) is 12.2. The Morgan fingerprint density at radius 1 is 1.20 bits per heavy atom. The molecule has 0 bridgehead atoms. The molecule has 9 nitrogen and oxygen atoms in total. The molecule has 0 aliphatic carbocycles. The van der Waals surface area contributed by atoms with Gasteiger partial charge in [0.2, 0.25) is 0 Å². The first-order valence-electron chi connectivity index (χ1n) is 7.53. The number of hydrogen-bond donors (Lipinski definition) is 0. The highest BCUT2D eigenvalue weighted by Crippen LogP contribution is 2.21. The van der Waals surface area contributed by atoms with Gasteiger partial charge < -0.3 is 4.74 Å². The van der Waals surface area contributed by atoms with Crippen LogP contribution in [0.15, 0.2) is 46.1 Å². The van der Waals surface area contributed by atoms with Gasteiger partial charge in [-0.25, -0.2) is 13.8 Å². The molecule has 4 aromatic rings. The lowest BCUT2D eigenvalue weighted by molar-refractivity contribution is 0.300. The Bertz CT molecular complexity index is 1090. The van der Waals surface area contributed by atoms with Gasteiger partial charge in [-0.3, -0.25) is 4.79 Å². The van der Waals surface area contributed by atoms with Crippen LogP contribution in [0.3, 0.4) is 0 Å². The van der Waals surface area contributed by atoms with Crippen LogP contribution in [0.1, 0.15) is 11.4 Å². The average Bonchev–Trinajstić information content (AvgIpc) is 3.24. The molecule has 4 rings (SSSR count). The van der Waals surface area contributed by atoms with Crippen LogP contribution in [0.2, 0.25) is 0 Å². The van der Waals surface area contributed by atoms with E-state index < -0.39 is 0 Å². The molecule has 0 aliphatic rings. The Kier molecular flexibility index (Phi) is 3.53. The number of aromatic nitrogens is 6. The summed E-state index contributed by atoms with van der Waals surface area (Å²) < 4.78 is 12.6. The van der Waals surface area contributed by atoms with Crippen molar-refractivity contribution in [1.29, 1.82) is 0 Å². The standard InChI is InChI=1S/C16H14N6O3/c1-10-14(20-25-19-10)8-21-16(23)15-7-13(18-22(15)9-17-21)11-3-5-12(24-2)6-4-11/h3-7,9H,8H2,1-2H3. The molecule has 0 radical (unpaired) electrons. The van der Waals surface area contributed by atoms with Crippen molar-refractivity contribution in [3.05, 3.63) is 58.4 Å². The molecule has 3 heterocycles. The normalized spacial score (nSPS) is 11.1. The summed E-state index contributed by atoms with van der Waals surface area (Å²) in [6.45, 7) is 1.95. The van der Waals surface area contributed by atoms with Crippen LogP contribution in [-0.4, -0.2) is 36.8 Å². The molecule has 3 aromatic heterocycles. The molecule has 0 N–H and O–H groups in total. The van der Waals surface area contributed by atoms with Gasteiger partial charge >= 0.3 is 0 Å². The summed E-state index contributed by atoms with van der Waals surface area (Å²) in [5.74, 6) is 0.758. The minimum Gasteiger partial charge on any atom is -0.497 e. The van der Waals surface area contributed by atoms with E-state index in [-0.39, 0.29) is 12.1 Å². The van der Waals surface area contributed by atoms with Gasteiger partial charge in [-0.1, -0.05) is 10.3 Å². The molecule has 9 heteroatoms. The fraction of sp³-hybridized carbons (Fsp3) is 0.188. The molecular formula is C16H14N6O3. The molecule has 0 amide bonds. The lowest BCUT2D eigenvalue weighted by atomic mass is 10.1. The van der Waals surface area contributed by atoms with Crippen LogP contribution < -0.4 is 10.3 Å². The van der Waals surface area contributed by atoms with Crippen molar-refractivity contribution in [2.75, 3.05) is 7.11 Å². The van der Waals surface area contributed by atoms with Gasteiger partial charge in [0.25, 0.3) is 5.56 Å². The van der Waals surface area contributed by atoms with E-state index in [2.05, 4.69) is 25.1 Å². The first kappa shape index (κ1) is 15.1.